The summed E-state index contributed by atoms with van der Waals surface area (Å²) in [6.45, 7) is 10.2. The summed E-state index contributed by atoms with van der Waals surface area (Å²) in [5.41, 5.74) is 0. The van der Waals surface area contributed by atoms with Gasteiger partial charge in [0, 0.05) is 26.2 Å². The number of carbonyl (C=O) groups is 1. The highest BCUT2D eigenvalue weighted by atomic mass is 16.5. The molecule has 1 saturated heterocycles. The molecular formula is C15H30N2O2. The molecule has 1 aliphatic rings. The van der Waals surface area contributed by atoms with Crippen LogP contribution in [-0.4, -0.2) is 50.2 Å². The van der Waals surface area contributed by atoms with Gasteiger partial charge in [-0.1, -0.05) is 13.8 Å². The van der Waals surface area contributed by atoms with Crippen molar-refractivity contribution in [1.29, 1.82) is 0 Å². The van der Waals surface area contributed by atoms with Crippen LogP contribution in [0.5, 0.6) is 0 Å². The number of nitrogens with one attached hydrogen (secondary N) is 1. The molecule has 4 nitrogen and oxygen atoms in total. The lowest BCUT2D eigenvalue weighted by molar-refractivity contribution is -0.121. The Morgan fingerprint density at radius 1 is 1.26 bits per heavy atom. The summed E-state index contributed by atoms with van der Waals surface area (Å²) in [4.78, 5) is 14.1. The number of carbonyl (C=O) groups excluding carboxylic acids is 1. The van der Waals surface area contributed by atoms with Crippen molar-refractivity contribution >= 4 is 5.91 Å². The number of rotatable bonds is 9. The lowest BCUT2D eigenvalue weighted by Gasteiger charge is -2.21. The number of ether oxygens (including phenoxy) is 1. The Bertz CT molecular complexity index is 236. The fraction of sp³-hybridized carbons (Fsp3) is 0.933. The van der Waals surface area contributed by atoms with E-state index in [1.165, 1.54) is 0 Å². The van der Waals surface area contributed by atoms with Gasteiger partial charge in [0.05, 0.1) is 0 Å². The van der Waals surface area contributed by atoms with Crippen molar-refractivity contribution in [1.82, 2.24) is 10.2 Å². The van der Waals surface area contributed by atoms with Crippen molar-refractivity contribution in [3.05, 3.63) is 0 Å². The van der Waals surface area contributed by atoms with Gasteiger partial charge in [-0.15, -0.1) is 0 Å². The fourth-order valence-electron chi connectivity index (χ4n) is 2.53. The van der Waals surface area contributed by atoms with E-state index in [0.29, 0.717) is 12.3 Å². The molecule has 112 valence electrons. The normalized spacial score (nSPS) is 16.8. The summed E-state index contributed by atoms with van der Waals surface area (Å²) in [5.74, 6) is 0.904. The smallest absolute Gasteiger partial charge is 0.220 e. The van der Waals surface area contributed by atoms with Crippen molar-refractivity contribution < 1.29 is 9.53 Å². The first-order chi connectivity index (χ1) is 9.26. The summed E-state index contributed by atoms with van der Waals surface area (Å²) in [7, 11) is 0. The Morgan fingerprint density at radius 2 is 1.95 bits per heavy atom. The van der Waals surface area contributed by atoms with Gasteiger partial charge in [-0.3, -0.25) is 4.79 Å². The molecule has 0 aliphatic carbocycles. The largest absolute Gasteiger partial charge is 0.381 e. The van der Waals surface area contributed by atoms with E-state index in [9.17, 15) is 4.79 Å². The fourth-order valence-corrected chi connectivity index (χ4v) is 2.53. The van der Waals surface area contributed by atoms with E-state index < -0.39 is 0 Å². The summed E-state index contributed by atoms with van der Waals surface area (Å²) in [6.07, 6.45) is 4.98. The predicted molar refractivity (Wildman–Crippen MR) is 78.2 cm³/mol. The summed E-state index contributed by atoms with van der Waals surface area (Å²) >= 11 is 0. The van der Waals surface area contributed by atoms with E-state index in [0.717, 1.165) is 65.1 Å². The zero-order valence-corrected chi connectivity index (χ0v) is 12.6. The zero-order chi connectivity index (χ0) is 13.9. The molecule has 1 aliphatic heterocycles. The molecule has 4 heteroatoms. The molecular weight excluding hydrogens is 240 g/mol. The maximum atomic E-state index is 11.7. The van der Waals surface area contributed by atoms with Crippen LogP contribution in [0.1, 0.15) is 46.0 Å². The molecule has 0 saturated carbocycles. The monoisotopic (exact) mass is 270 g/mol. The minimum Gasteiger partial charge on any atom is -0.381 e. The third kappa shape index (κ3) is 7.53. The highest BCUT2D eigenvalue weighted by molar-refractivity contribution is 5.75. The maximum absolute atomic E-state index is 11.7. The molecule has 0 radical (unpaired) electrons. The van der Waals surface area contributed by atoms with Crippen LogP contribution >= 0.6 is 0 Å². The lowest BCUT2D eigenvalue weighted by atomic mass is 9.95. The highest BCUT2D eigenvalue weighted by Crippen LogP contribution is 2.19. The molecule has 1 amide bonds. The summed E-state index contributed by atoms with van der Waals surface area (Å²) < 4.78 is 5.32. The Hall–Kier alpha value is -0.610. The first kappa shape index (κ1) is 16.4. The van der Waals surface area contributed by atoms with E-state index in [2.05, 4.69) is 24.1 Å². The van der Waals surface area contributed by atoms with Crippen LogP contribution < -0.4 is 5.32 Å². The summed E-state index contributed by atoms with van der Waals surface area (Å²) in [5, 5.41) is 3.03. The molecule has 0 atom stereocenters. The molecule has 1 rings (SSSR count). The van der Waals surface area contributed by atoms with Gasteiger partial charge in [0.2, 0.25) is 5.91 Å². The van der Waals surface area contributed by atoms with Gasteiger partial charge in [0.25, 0.3) is 0 Å². The van der Waals surface area contributed by atoms with Crippen molar-refractivity contribution in [2.24, 2.45) is 5.92 Å². The third-order valence-electron chi connectivity index (χ3n) is 3.99. The average Bonchev–Trinajstić information content (AvgIpc) is 2.46. The molecule has 0 aromatic carbocycles. The van der Waals surface area contributed by atoms with E-state index >= 15 is 0 Å². The molecule has 0 aromatic heterocycles. The first-order valence-corrected chi connectivity index (χ1v) is 7.83. The van der Waals surface area contributed by atoms with Gasteiger partial charge in [0.1, 0.15) is 0 Å². The van der Waals surface area contributed by atoms with E-state index in [4.69, 9.17) is 4.74 Å². The Balaban J connectivity index is 1.98. The van der Waals surface area contributed by atoms with E-state index in [1.54, 1.807) is 0 Å². The van der Waals surface area contributed by atoms with Crippen LogP contribution in [0.3, 0.4) is 0 Å². The van der Waals surface area contributed by atoms with Crippen LogP contribution in [0.2, 0.25) is 0 Å². The topological polar surface area (TPSA) is 41.6 Å². The maximum Gasteiger partial charge on any atom is 0.220 e. The lowest BCUT2D eigenvalue weighted by Crippen LogP contribution is -2.30. The molecule has 19 heavy (non-hydrogen) atoms. The van der Waals surface area contributed by atoms with Gasteiger partial charge < -0.3 is 15.0 Å². The minimum atomic E-state index is 0.214. The Morgan fingerprint density at radius 3 is 2.58 bits per heavy atom. The number of hydrogen-bond donors (Lipinski definition) is 1. The quantitative estimate of drug-likeness (QED) is 0.652. The van der Waals surface area contributed by atoms with E-state index in [1.807, 2.05) is 0 Å². The second-order valence-corrected chi connectivity index (χ2v) is 5.32. The van der Waals surface area contributed by atoms with Gasteiger partial charge >= 0.3 is 0 Å². The SMILES string of the molecule is CCN(CC)CCCNC(=O)CCC1CCOCC1. The van der Waals surface area contributed by atoms with Gasteiger partial charge in [-0.25, -0.2) is 0 Å². The average molecular weight is 270 g/mol. The zero-order valence-electron chi connectivity index (χ0n) is 12.6. The van der Waals surface area contributed by atoms with Crippen molar-refractivity contribution in [2.75, 3.05) is 39.4 Å². The highest BCUT2D eigenvalue weighted by Gasteiger charge is 2.14. The molecule has 0 aromatic rings. The second-order valence-electron chi connectivity index (χ2n) is 5.32. The molecule has 0 spiro atoms. The van der Waals surface area contributed by atoms with Crippen molar-refractivity contribution in [3.63, 3.8) is 0 Å². The molecule has 1 N–H and O–H groups in total. The van der Waals surface area contributed by atoms with Crippen LogP contribution in [0.25, 0.3) is 0 Å². The van der Waals surface area contributed by atoms with Crippen molar-refractivity contribution in [3.8, 4) is 0 Å². The van der Waals surface area contributed by atoms with Crippen LogP contribution in [0, 0.1) is 5.92 Å². The van der Waals surface area contributed by atoms with Crippen LogP contribution in [0.15, 0.2) is 0 Å². The molecule has 0 unspecified atom stereocenters. The number of nitrogens with zero attached hydrogens (tertiary/aromatic N) is 1. The van der Waals surface area contributed by atoms with E-state index in [-0.39, 0.29) is 5.91 Å². The Kier molecular flexibility index (Phi) is 8.84. The summed E-state index contributed by atoms with van der Waals surface area (Å²) in [6, 6.07) is 0. The standard InChI is InChI=1S/C15H30N2O2/c1-3-17(4-2)11-5-10-16-15(18)7-6-14-8-12-19-13-9-14/h14H,3-13H2,1-2H3,(H,16,18). The minimum absolute atomic E-state index is 0.214. The van der Waals surface area contributed by atoms with Gasteiger partial charge in [0.15, 0.2) is 0 Å². The van der Waals surface area contributed by atoms with Crippen LogP contribution in [-0.2, 0) is 9.53 Å². The Labute approximate surface area is 117 Å². The number of hydrogen-bond acceptors (Lipinski definition) is 3. The van der Waals surface area contributed by atoms with Crippen molar-refractivity contribution in [2.45, 2.75) is 46.0 Å². The van der Waals surface area contributed by atoms with Gasteiger partial charge in [-0.05, 0) is 51.2 Å². The second kappa shape index (κ2) is 10.2. The molecule has 0 bridgehead atoms. The number of amides is 1. The predicted octanol–water partition coefficient (Wildman–Crippen LogP) is 2.04. The first-order valence-electron chi connectivity index (χ1n) is 7.83. The van der Waals surface area contributed by atoms with Crippen LogP contribution in [0.4, 0.5) is 0 Å². The molecule has 1 fully saturated rings. The molecule has 1 heterocycles. The van der Waals surface area contributed by atoms with Gasteiger partial charge in [-0.2, -0.15) is 0 Å². The third-order valence-corrected chi connectivity index (χ3v) is 3.99.